The zero-order valence-corrected chi connectivity index (χ0v) is 27.5. The monoisotopic (exact) mass is 659 g/mol. The number of hydrogen-bond acceptors (Lipinski definition) is 9. The van der Waals surface area contributed by atoms with Crippen LogP contribution < -0.4 is 24.4 Å². The lowest BCUT2D eigenvalue weighted by molar-refractivity contribution is -0.152. The Labute approximate surface area is 279 Å². The van der Waals surface area contributed by atoms with Gasteiger partial charge in [0.1, 0.15) is 11.8 Å². The fraction of sp³-hybridized carbons (Fsp3) is 0.389. The van der Waals surface area contributed by atoms with Crippen molar-refractivity contribution in [1.29, 1.82) is 0 Å². The minimum absolute atomic E-state index is 0.0168. The second-order valence-corrected chi connectivity index (χ2v) is 11.6. The lowest BCUT2D eigenvalue weighted by Gasteiger charge is -2.49. The van der Waals surface area contributed by atoms with Crippen LogP contribution in [0.5, 0.6) is 17.2 Å². The Morgan fingerprint density at radius 3 is 2.40 bits per heavy atom. The summed E-state index contributed by atoms with van der Waals surface area (Å²) in [4.78, 5) is 58.5. The summed E-state index contributed by atoms with van der Waals surface area (Å²) in [6.45, 7) is 3.71. The summed E-state index contributed by atoms with van der Waals surface area (Å²) >= 11 is 0. The van der Waals surface area contributed by atoms with E-state index in [1.807, 2.05) is 30.3 Å². The number of aliphatic hydroxyl groups excluding tert-OH is 1. The number of fused-ring (bicyclic) bond motifs is 3. The predicted octanol–water partition coefficient (Wildman–Crippen LogP) is 3.45. The molecule has 0 bridgehead atoms. The Morgan fingerprint density at radius 2 is 1.71 bits per heavy atom. The highest BCUT2D eigenvalue weighted by atomic mass is 16.5. The van der Waals surface area contributed by atoms with Crippen molar-refractivity contribution in [3.8, 4) is 17.2 Å². The van der Waals surface area contributed by atoms with Gasteiger partial charge in [0.15, 0.2) is 11.5 Å². The lowest BCUT2D eigenvalue weighted by Crippen LogP contribution is -2.69. The molecule has 2 heterocycles. The molecule has 2 aliphatic rings. The number of anilines is 1. The van der Waals surface area contributed by atoms with E-state index in [0.29, 0.717) is 34.9 Å². The molecular formula is C36H41N3O9. The Morgan fingerprint density at radius 1 is 0.958 bits per heavy atom. The lowest BCUT2D eigenvalue weighted by atomic mass is 9.89. The molecule has 48 heavy (non-hydrogen) atoms. The first kappa shape index (κ1) is 34.2. The Hall–Kier alpha value is -5.10. The van der Waals surface area contributed by atoms with Gasteiger partial charge in [-0.25, -0.2) is 0 Å². The number of carbonyl (C=O) groups excluding carboxylic acids is 4. The molecular weight excluding hydrogens is 618 g/mol. The average Bonchev–Trinajstić information content (AvgIpc) is 3.40. The van der Waals surface area contributed by atoms with Gasteiger partial charge in [-0.05, 0) is 55.8 Å². The van der Waals surface area contributed by atoms with Crippen LogP contribution in [0.3, 0.4) is 0 Å². The molecule has 12 nitrogen and oxygen atoms in total. The maximum absolute atomic E-state index is 14.3. The average molecular weight is 660 g/mol. The number of piperazine rings is 1. The number of hydrogen-bond donors (Lipinski definition) is 2. The maximum atomic E-state index is 14.3. The van der Waals surface area contributed by atoms with Crippen LogP contribution >= 0.6 is 0 Å². The molecule has 3 amide bonds. The van der Waals surface area contributed by atoms with Gasteiger partial charge in [0.05, 0.1) is 58.4 Å². The van der Waals surface area contributed by atoms with E-state index in [1.54, 1.807) is 55.1 Å². The third kappa shape index (κ3) is 6.93. The third-order valence-corrected chi connectivity index (χ3v) is 8.67. The molecule has 0 saturated carbocycles. The van der Waals surface area contributed by atoms with Gasteiger partial charge in [-0.2, -0.15) is 0 Å². The number of nitrogens with one attached hydrogen (secondary N) is 1. The van der Waals surface area contributed by atoms with Crippen molar-refractivity contribution >= 4 is 29.4 Å². The molecule has 12 heteroatoms. The van der Waals surface area contributed by atoms with Crippen molar-refractivity contribution in [3.05, 3.63) is 83.4 Å². The van der Waals surface area contributed by atoms with Crippen LogP contribution in [0.2, 0.25) is 0 Å². The topological polar surface area (TPSA) is 144 Å². The summed E-state index contributed by atoms with van der Waals surface area (Å²) in [6.07, 6.45) is 0.230. The van der Waals surface area contributed by atoms with E-state index in [1.165, 1.54) is 19.1 Å². The standard InChI is InChI=1S/C36H41N3O9/c1-5-47-32(42)21-28-34-33(37-35(43)24-12-15-29(45-3)30(19-24)46-4)26-20-25(48-17-9-16-40)13-14-27(26)39(34)36(44)22(2)38(28)31(41)18-23-10-7-6-8-11-23/h6-8,10-15,19-20,22,28,33-34,40H,5,9,16-18,21H2,1-4H3,(H,37,43)/t22-,28?,33-,34+/m0/s1. The zero-order valence-electron chi connectivity index (χ0n) is 27.5. The smallest absolute Gasteiger partial charge is 0.307 e. The number of ether oxygens (including phenoxy) is 4. The molecule has 4 atom stereocenters. The zero-order chi connectivity index (χ0) is 34.4. The molecule has 0 aromatic heterocycles. The molecule has 1 fully saturated rings. The van der Waals surface area contributed by atoms with Gasteiger partial charge in [0.2, 0.25) is 11.8 Å². The molecule has 0 spiro atoms. The summed E-state index contributed by atoms with van der Waals surface area (Å²) in [7, 11) is 2.97. The van der Waals surface area contributed by atoms with E-state index >= 15 is 0 Å². The molecule has 3 aromatic carbocycles. The molecule has 0 aliphatic carbocycles. The van der Waals surface area contributed by atoms with E-state index in [9.17, 15) is 24.3 Å². The van der Waals surface area contributed by atoms with Gasteiger partial charge in [-0.1, -0.05) is 30.3 Å². The maximum Gasteiger partial charge on any atom is 0.307 e. The quantitative estimate of drug-likeness (QED) is 0.208. The molecule has 1 unspecified atom stereocenters. The van der Waals surface area contributed by atoms with Gasteiger partial charge in [-0.15, -0.1) is 0 Å². The summed E-state index contributed by atoms with van der Waals surface area (Å²) in [6, 6.07) is 15.7. The molecule has 2 aliphatic heterocycles. The molecule has 1 saturated heterocycles. The highest BCUT2D eigenvalue weighted by Crippen LogP contribution is 2.47. The van der Waals surface area contributed by atoms with Gasteiger partial charge in [0.25, 0.3) is 5.91 Å². The van der Waals surface area contributed by atoms with Crippen LogP contribution in [0.25, 0.3) is 0 Å². The number of methoxy groups -OCH3 is 2. The second-order valence-electron chi connectivity index (χ2n) is 11.6. The van der Waals surface area contributed by atoms with Gasteiger partial charge in [0, 0.05) is 29.8 Å². The Balaban J connectivity index is 1.60. The van der Waals surface area contributed by atoms with Crippen molar-refractivity contribution in [2.45, 2.75) is 57.3 Å². The number of benzene rings is 3. The number of aliphatic hydroxyl groups is 1. The van der Waals surface area contributed by atoms with E-state index in [0.717, 1.165) is 5.56 Å². The summed E-state index contributed by atoms with van der Waals surface area (Å²) < 4.78 is 22.0. The summed E-state index contributed by atoms with van der Waals surface area (Å²) in [5.41, 5.74) is 2.16. The van der Waals surface area contributed by atoms with Gasteiger partial charge < -0.3 is 39.2 Å². The first-order valence-electron chi connectivity index (χ1n) is 16.0. The number of rotatable bonds is 13. The van der Waals surface area contributed by atoms with Crippen LogP contribution in [0.4, 0.5) is 5.69 Å². The number of esters is 1. The molecule has 3 aromatic rings. The Bertz CT molecular complexity index is 1650. The predicted molar refractivity (Wildman–Crippen MR) is 176 cm³/mol. The van der Waals surface area contributed by atoms with E-state index in [2.05, 4.69) is 5.32 Å². The van der Waals surface area contributed by atoms with E-state index in [4.69, 9.17) is 18.9 Å². The van der Waals surface area contributed by atoms with Gasteiger partial charge >= 0.3 is 5.97 Å². The SMILES string of the molecule is CCOC(=O)CC1[C@@H]2[C@@H](NC(=O)c3ccc(OC)c(OC)c3)c3cc(OCCCO)ccc3N2C(=O)[C@H](C)N1C(=O)Cc1ccccc1. The number of carbonyl (C=O) groups is 4. The second kappa shape index (κ2) is 15.2. The van der Waals surface area contributed by atoms with Crippen LogP contribution in [0.15, 0.2) is 66.7 Å². The number of amides is 3. The first-order chi connectivity index (χ1) is 23.2. The fourth-order valence-corrected chi connectivity index (χ4v) is 6.51. The van der Waals surface area contributed by atoms with Crippen molar-refractivity contribution in [2.24, 2.45) is 0 Å². The molecule has 254 valence electrons. The van der Waals surface area contributed by atoms with Crippen molar-refractivity contribution in [1.82, 2.24) is 10.2 Å². The molecule has 5 rings (SSSR count). The highest BCUT2D eigenvalue weighted by molar-refractivity contribution is 6.04. The third-order valence-electron chi connectivity index (χ3n) is 8.67. The van der Waals surface area contributed by atoms with Gasteiger partial charge in [-0.3, -0.25) is 19.2 Å². The van der Waals surface area contributed by atoms with Crippen LogP contribution in [0, 0.1) is 0 Å². The van der Waals surface area contributed by atoms with Crippen molar-refractivity contribution in [3.63, 3.8) is 0 Å². The normalized spacial score (nSPS) is 19.6. The minimum atomic E-state index is -0.912. The summed E-state index contributed by atoms with van der Waals surface area (Å²) in [5, 5.41) is 12.4. The number of nitrogens with zero attached hydrogens (tertiary/aromatic N) is 2. The van der Waals surface area contributed by atoms with E-state index < -0.39 is 36.0 Å². The highest BCUT2D eigenvalue weighted by Gasteiger charge is 2.56. The molecule has 0 radical (unpaired) electrons. The van der Waals surface area contributed by atoms with Crippen molar-refractivity contribution < 1.29 is 43.2 Å². The Kier molecular flexibility index (Phi) is 10.8. The first-order valence-corrected chi connectivity index (χ1v) is 16.0. The fourth-order valence-electron chi connectivity index (χ4n) is 6.51. The largest absolute Gasteiger partial charge is 0.493 e. The minimum Gasteiger partial charge on any atom is -0.493 e. The van der Waals surface area contributed by atoms with Crippen LogP contribution in [-0.2, 0) is 25.5 Å². The van der Waals surface area contributed by atoms with Crippen molar-refractivity contribution in [2.75, 3.05) is 38.9 Å². The molecule has 2 N–H and O–H groups in total. The summed E-state index contributed by atoms with van der Waals surface area (Å²) in [5.74, 6) is -0.391. The van der Waals surface area contributed by atoms with Crippen LogP contribution in [0.1, 0.15) is 54.2 Å². The van der Waals surface area contributed by atoms with E-state index in [-0.39, 0.29) is 50.0 Å². The van der Waals surface area contributed by atoms with Crippen LogP contribution in [-0.4, -0.2) is 85.9 Å².